The second-order valence-corrected chi connectivity index (χ2v) is 4.60. The van der Waals surface area contributed by atoms with Crippen molar-refractivity contribution in [1.82, 2.24) is 9.78 Å². The molecule has 0 spiro atoms. The Kier molecular flexibility index (Phi) is 3.76. The summed E-state index contributed by atoms with van der Waals surface area (Å²) in [5.41, 5.74) is 0.0479. The monoisotopic (exact) mass is 298 g/mol. The molecule has 0 saturated heterocycles. The highest BCUT2D eigenvalue weighted by atomic mass is 19.4. The Balaban J connectivity index is 2.51. The van der Waals surface area contributed by atoms with Crippen molar-refractivity contribution >= 4 is 6.29 Å². The van der Waals surface area contributed by atoms with Crippen LogP contribution in [0.5, 0.6) is 11.5 Å². The number of hydrogen-bond acceptors (Lipinski definition) is 3. The van der Waals surface area contributed by atoms with Gasteiger partial charge in [0.1, 0.15) is 17.7 Å². The van der Waals surface area contributed by atoms with E-state index < -0.39 is 11.7 Å². The van der Waals surface area contributed by atoms with Crippen LogP contribution in [0.25, 0.3) is 0 Å². The minimum Gasteiger partial charge on any atom is -0.453 e. The topological polar surface area (TPSA) is 44.1 Å². The van der Waals surface area contributed by atoms with Crippen LogP contribution in [0.1, 0.15) is 27.3 Å². The molecule has 0 aliphatic heterocycles. The molecule has 1 aromatic carbocycles. The van der Waals surface area contributed by atoms with Gasteiger partial charge in [-0.3, -0.25) is 9.48 Å². The Morgan fingerprint density at radius 2 is 1.95 bits per heavy atom. The Labute approximate surface area is 119 Å². The number of rotatable bonds is 3. The van der Waals surface area contributed by atoms with Crippen molar-refractivity contribution in [3.8, 4) is 11.5 Å². The SMILES string of the molecule is Cc1nn(C)c(C)c1Oc1ccc(C=O)cc1C(F)(F)F. The minimum atomic E-state index is -4.61. The molecule has 7 heteroatoms. The lowest BCUT2D eigenvalue weighted by Gasteiger charge is -2.14. The molecule has 2 rings (SSSR count). The molecule has 0 fully saturated rings. The molecule has 0 radical (unpaired) electrons. The molecule has 0 unspecified atom stereocenters. The second-order valence-electron chi connectivity index (χ2n) is 4.60. The van der Waals surface area contributed by atoms with Crippen molar-refractivity contribution in [1.29, 1.82) is 0 Å². The normalized spacial score (nSPS) is 11.5. The molecule has 0 amide bonds. The summed E-state index contributed by atoms with van der Waals surface area (Å²) < 4.78 is 46.1. The van der Waals surface area contributed by atoms with E-state index in [1.165, 1.54) is 10.7 Å². The fraction of sp³-hybridized carbons (Fsp3) is 0.286. The number of aldehydes is 1. The Morgan fingerprint density at radius 3 is 2.43 bits per heavy atom. The summed E-state index contributed by atoms with van der Waals surface area (Å²) in [6, 6.07) is 3.18. The van der Waals surface area contributed by atoms with Crippen LogP contribution in [0.3, 0.4) is 0 Å². The number of halogens is 3. The maximum absolute atomic E-state index is 13.1. The van der Waals surface area contributed by atoms with Gasteiger partial charge in [-0.05, 0) is 32.0 Å². The summed E-state index contributed by atoms with van der Waals surface area (Å²) in [5.74, 6) is -0.0749. The molecule has 0 aliphatic carbocycles. The zero-order chi connectivity index (χ0) is 15.8. The van der Waals surface area contributed by atoms with Crippen LogP contribution in [0.15, 0.2) is 18.2 Å². The number of benzene rings is 1. The van der Waals surface area contributed by atoms with Gasteiger partial charge in [0.2, 0.25) is 0 Å². The molecular formula is C14H13F3N2O2. The number of carbonyl (C=O) groups excluding carboxylic acids is 1. The van der Waals surface area contributed by atoms with Crippen LogP contribution in [-0.2, 0) is 13.2 Å². The molecule has 0 N–H and O–H groups in total. The molecule has 1 heterocycles. The zero-order valence-corrected chi connectivity index (χ0v) is 11.7. The molecule has 21 heavy (non-hydrogen) atoms. The first kappa shape index (κ1) is 15.1. The predicted molar refractivity (Wildman–Crippen MR) is 69.6 cm³/mol. The molecule has 0 saturated carbocycles. The van der Waals surface area contributed by atoms with Crippen LogP contribution < -0.4 is 4.74 Å². The number of ether oxygens (including phenoxy) is 1. The standard InChI is InChI=1S/C14H13F3N2O2/c1-8-13(9(2)19(3)18-8)21-12-5-4-10(7-20)6-11(12)14(15,16)17/h4-7H,1-3H3. The molecule has 1 aromatic heterocycles. The quantitative estimate of drug-likeness (QED) is 0.812. The van der Waals surface area contributed by atoms with Crippen LogP contribution in [0.4, 0.5) is 13.2 Å². The summed E-state index contributed by atoms with van der Waals surface area (Å²) in [6.45, 7) is 3.35. The van der Waals surface area contributed by atoms with E-state index in [0.717, 1.165) is 12.1 Å². The molecule has 112 valence electrons. The van der Waals surface area contributed by atoms with Gasteiger partial charge in [0.05, 0.1) is 11.3 Å². The highest BCUT2D eigenvalue weighted by molar-refractivity contribution is 5.75. The smallest absolute Gasteiger partial charge is 0.420 e. The van der Waals surface area contributed by atoms with Crippen molar-refractivity contribution < 1.29 is 22.7 Å². The van der Waals surface area contributed by atoms with Crippen LogP contribution >= 0.6 is 0 Å². The van der Waals surface area contributed by atoms with Gasteiger partial charge in [-0.25, -0.2) is 0 Å². The summed E-state index contributed by atoms with van der Waals surface area (Å²) >= 11 is 0. The molecule has 0 aliphatic rings. The van der Waals surface area contributed by atoms with E-state index in [1.54, 1.807) is 20.9 Å². The highest BCUT2D eigenvalue weighted by Crippen LogP contribution is 2.39. The summed E-state index contributed by atoms with van der Waals surface area (Å²) in [6.07, 6.45) is -4.25. The maximum Gasteiger partial charge on any atom is 0.420 e. The van der Waals surface area contributed by atoms with Gasteiger partial charge in [0.15, 0.2) is 5.75 Å². The number of carbonyl (C=O) groups is 1. The molecular weight excluding hydrogens is 285 g/mol. The van der Waals surface area contributed by atoms with E-state index in [4.69, 9.17) is 4.74 Å². The number of aryl methyl sites for hydroxylation is 2. The largest absolute Gasteiger partial charge is 0.453 e. The van der Waals surface area contributed by atoms with Crippen molar-refractivity contribution in [3.63, 3.8) is 0 Å². The lowest BCUT2D eigenvalue weighted by atomic mass is 10.1. The van der Waals surface area contributed by atoms with E-state index in [1.807, 2.05) is 0 Å². The molecule has 0 bridgehead atoms. The lowest BCUT2D eigenvalue weighted by Crippen LogP contribution is -2.08. The van der Waals surface area contributed by atoms with Gasteiger partial charge in [0.25, 0.3) is 0 Å². The highest BCUT2D eigenvalue weighted by Gasteiger charge is 2.35. The summed E-state index contributed by atoms with van der Waals surface area (Å²) in [7, 11) is 1.68. The van der Waals surface area contributed by atoms with Crippen LogP contribution in [0, 0.1) is 13.8 Å². The Bertz CT molecular complexity index is 690. The van der Waals surface area contributed by atoms with Gasteiger partial charge in [-0.15, -0.1) is 0 Å². The third-order valence-electron chi connectivity index (χ3n) is 3.10. The minimum absolute atomic E-state index is 0.0608. The molecule has 0 atom stereocenters. The fourth-order valence-electron chi connectivity index (χ4n) is 1.94. The van der Waals surface area contributed by atoms with E-state index in [0.29, 0.717) is 17.7 Å². The molecule has 2 aromatic rings. The van der Waals surface area contributed by atoms with E-state index in [-0.39, 0.29) is 17.1 Å². The van der Waals surface area contributed by atoms with E-state index >= 15 is 0 Å². The number of nitrogens with zero attached hydrogens (tertiary/aromatic N) is 2. The van der Waals surface area contributed by atoms with E-state index in [2.05, 4.69) is 5.10 Å². The van der Waals surface area contributed by atoms with Gasteiger partial charge in [-0.1, -0.05) is 0 Å². The van der Waals surface area contributed by atoms with Crippen molar-refractivity contribution in [2.75, 3.05) is 0 Å². The first-order valence-corrected chi connectivity index (χ1v) is 6.08. The van der Waals surface area contributed by atoms with Crippen molar-refractivity contribution in [2.24, 2.45) is 7.05 Å². The zero-order valence-electron chi connectivity index (χ0n) is 11.7. The first-order chi connectivity index (χ1) is 9.74. The summed E-state index contributed by atoms with van der Waals surface area (Å²) in [5, 5.41) is 4.09. The lowest BCUT2D eigenvalue weighted by molar-refractivity contribution is -0.138. The maximum atomic E-state index is 13.1. The third-order valence-corrected chi connectivity index (χ3v) is 3.10. The number of alkyl halides is 3. The average Bonchev–Trinajstić information content (AvgIpc) is 2.64. The molecule has 4 nitrogen and oxygen atoms in total. The van der Waals surface area contributed by atoms with Gasteiger partial charge in [-0.2, -0.15) is 18.3 Å². The average molecular weight is 298 g/mol. The summed E-state index contributed by atoms with van der Waals surface area (Å²) in [4.78, 5) is 10.6. The number of aromatic nitrogens is 2. The Hall–Kier alpha value is -2.31. The fourth-order valence-corrected chi connectivity index (χ4v) is 1.94. The number of hydrogen-bond donors (Lipinski definition) is 0. The van der Waals surface area contributed by atoms with Gasteiger partial charge < -0.3 is 4.74 Å². The van der Waals surface area contributed by atoms with Gasteiger partial charge >= 0.3 is 6.18 Å². The predicted octanol–water partition coefficient (Wildman–Crippen LogP) is 3.66. The van der Waals surface area contributed by atoms with Gasteiger partial charge in [0, 0.05) is 12.6 Å². The van der Waals surface area contributed by atoms with Crippen molar-refractivity contribution in [3.05, 3.63) is 40.7 Å². The van der Waals surface area contributed by atoms with Crippen LogP contribution in [0.2, 0.25) is 0 Å². The Morgan fingerprint density at radius 1 is 1.29 bits per heavy atom. The van der Waals surface area contributed by atoms with Crippen molar-refractivity contribution in [2.45, 2.75) is 20.0 Å². The third kappa shape index (κ3) is 2.91. The van der Waals surface area contributed by atoms with Crippen LogP contribution in [-0.4, -0.2) is 16.1 Å². The second kappa shape index (κ2) is 5.23. The van der Waals surface area contributed by atoms with E-state index in [9.17, 15) is 18.0 Å². The first-order valence-electron chi connectivity index (χ1n) is 6.08.